The van der Waals surface area contributed by atoms with Crippen LogP contribution in [0.5, 0.6) is 11.5 Å². The molecule has 0 bridgehead atoms. The van der Waals surface area contributed by atoms with Crippen molar-refractivity contribution in [3.05, 3.63) is 53.1 Å². The van der Waals surface area contributed by atoms with Crippen LogP contribution in [0.2, 0.25) is 5.02 Å². The molecular weight excluding hydrogens is 340 g/mol. The van der Waals surface area contributed by atoms with Crippen molar-refractivity contribution in [2.45, 2.75) is 4.90 Å². The summed E-state index contributed by atoms with van der Waals surface area (Å²) >= 11 is 5.85. The van der Waals surface area contributed by atoms with Crippen LogP contribution >= 0.6 is 11.6 Å². The molecule has 122 valence electrons. The van der Waals surface area contributed by atoms with Gasteiger partial charge in [-0.15, -0.1) is 0 Å². The van der Waals surface area contributed by atoms with Crippen molar-refractivity contribution in [2.75, 3.05) is 14.2 Å². The van der Waals surface area contributed by atoms with Gasteiger partial charge in [0.2, 0.25) is 0 Å². The second kappa shape index (κ2) is 7.34. The lowest BCUT2D eigenvalue weighted by Crippen LogP contribution is -2.18. The molecule has 0 aliphatic carbocycles. The number of rotatable bonds is 6. The summed E-state index contributed by atoms with van der Waals surface area (Å²) in [6, 6.07) is 11.1. The van der Waals surface area contributed by atoms with Crippen molar-refractivity contribution in [3.8, 4) is 11.5 Å². The molecule has 1 N–H and O–H groups in total. The highest BCUT2D eigenvalue weighted by molar-refractivity contribution is 7.89. The first-order chi connectivity index (χ1) is 11.0. The molecule has 0 radical (unpaired) electrons. The molecule has 0 unspecified atom stereocenters. The molecule has 0 heterocycles. The molecule has 0 aromatic heterocycles. The summed E-state index contributed by atoms with van der Waals surface area (Å²) < 4.78 is 34.6. The smallest absolute Gasteiger partial charge is 0.276 e. The van der Waals surface area contributed by atoms with Crippen LogP contribution in [-0.2, 0) is 10.0 Å². The zero-order chi connectivity index (χ0) is 16.9. The van der Waals surface area contributed by atoms with Crippen molar-refractivity contribution in [1.82, 2.24) is 4.83 Å². The Kier molecular flexibility index (Phi) is 5.46. The van der Waals surface area contributed by atoms with Gasteiger partial charge in [-0.25, -0.2) is 4.83 Å². The van der Waals surface area contributed by atoms with E-state index in [9.17, 15) is 8.42 Å². The Bertz CT molecular complexity index is 822. The third-order valence-electron chi connectivity index (χ3n) is 2.90. The standard InChI is InChI=1S/C15H15ClN2O4S/c1-21-14-7-6-13(9-15(14)22-2)23(19,20)18-17-10-11-4-3-5-12(16)8-11/h3-10,18H,1-2H3/b17-10+. The summed E-state index contributed by atoms with van der Waals surface area (Å²) in [6.45, 7) is 0. The number of hydrogen-bond donors (Lipinski definition) is 1. The van der Waals surface area contributed by atoms with E-state index in [-0.39, 0.29) is 4.90 Å². The van der Waals surface area contributed by atoms with E-state index in [1.54, 1.807) is 24.3 Å². The Morgan fingerprint density at radius 3 is 2.48 bits per heavy atom. The highest BCUT2D eigenvalue weighted by atomic mass is 35.5. The molecule has 0 aliphatic heterocycles. The molecule has 0 saturated heterocycles. The van der Waals surface area contributed by atoms with Gasteiger partial charge >= 0.3 is 0 Å². The fourth-order valence-electron chi connectivity index (χ4n) is 1.79. The summed E-state index contributed by atoms with van der Waals surface area (Å²) in [4.78, 5) is 2.15. The molecule has 0 atom stereocenters. The van der Waals surface area contributed by atoms with E-state index in [4.69, 9.17) is 21.1 Å². The normalized spacial score (nSPS) is 11.4. The van der Waals surface area contributed by atoms with Gasteiger partial charge in [-0.2, -0.15) is 13.5 Å². The topological polar surface area (TPSA) is 77.0 Å². The number of ether oxygens (including phenoxy) is 2. The molecule has 2 rings (SSSR count). The van der Waals surface area contributed by atoms with Crippen molar-refractivity contribution in [3.63, 3.8) is 0 Å². The third kappa shape index (κ3) is 4.37. The number of hydrogen-bond acceptors (Lipinski definition) is 5. The molecule has 0 spiro atoms. The molecule has 0 amide bonds. The zero-order valence-electron chi connectivity index (χ0n) is 12.5. The predicted octanol–water partition coefficient (Wildman–Crippen LogP) is 2.67. The number of nitrogens with zero attached hydrogens (tertiary/aromatic N) is 1. The van der Waals surface area contributed by atoms with Crippen molar-refractivity contribution >= 4 is 27.8 Å². The van der Waals surface area contributed by atoms with E-state index in [0.29, 0.717) is 22.1 Å². The van der Waals surface area contributed by atoms with Crippen LogP contribution in [0.1, 0.15) is 5.56 Å². The van der Waals surface area contributed by atoms with E-state index in [2.05, 4.69) is 9.93 Å². The second-order valence-electron chi connectivity index (χ2n) is 4.42. The third-order valence-corrected chi connectivity index (χ3v) is 4.36. The fourth-order valence-corrected chi connectivity index (χ4v) is 2.80. The predicted molar refractivity (Wildman–Crippen MR) is 88.9 cm³/mol. The van der Waals surface area contributed by atoms with Gasteiger partial charge in [0.1, 0.15) is 0 Å². The van der Waals surface area contributed by atoms with E-state index >= 15 is 0 Å². The summed E-state index contributed by atoms with van der Waals surface area (Å²) in [6.07, 6.45) is 1.37. The number of hydrazone groups is 1. The second-order valence-corrected chi connectivity index (χ2v) is 6.52. The monoisotopic (exact) mass is 354 g/mol. The Labute approximate surface area is 139 Å². The largest absolute Gasteiger partial charge is 0.493 e. The van der Waals surface area contributed by atoms with Gasteiger partial charge in [-0.3, -0.25) is 0 Å². The van der Waals surface area contributed by atoms with Gasteiger partial charge in [-0.1, -0.05) is 23.7 Å². The Morgan fingerprint density at radius 2 is 1.83 bits per heavy atom. The summed E-state index contributed by atoms with van der Waals surface area (Å²) in [7, 11) is -0.913. The lowest BCUT2D eigenvalue weighted by Gasteiger charge is -2.09. The van der Waals surface area contributed by atoms with Gasteiger partial charge in [0, 0.05) is 11.1 Å². The van der Waals surface area contributed by atoms with Crippen molar-refractivity contribution < 1.29 is 17.9 Å². The molecule has 0 fully saturated rings. The average molecular weight is 355 g/mol. The molecule has 23 heavy (non-hydrogen) atoms. The van der Waals surface area contributed by atoms with Gasteiger partial charge in [-0.05, 0) is 29.8 Å². The highest BCUT2D eigenvalue weighted by Gasteiger charge is 2.16. The van der Waals surface area contributed by atoms with Crippen molar-refractivity contribution in [1.29, 1.82) is 0 Å². The van der Waals surface area contributed by atoms with E-state index in [0.717, 1.165) is 0 Å². The maximum Gasteiger partial charge on any atom is 0.276 e. The first kappa shape index (κ1) is 17.1. The molecular formula is C15H15ClN2O4S. The lowest BCUT2D eigenvalue weighted by molar-refractivity contribution is 0.354. The molecule has 8 heteroatoms. The number of methoxy groups -OCH3 is 2. The van der Waals surface area contributed by atoms with E-state index in [1.807, 2.05) is 0 Å². The average Bonchev–Trinajstić information content (AvgIpc) is 2.54. The van der Waals surface area contributed by atoms with Crippen LogP contribution in [-0.4, -0.2) is 28.9 Å². The van der Waals surface area contributed by atoms with E-state index < -0.39 is 10.0 Å². The lowest BCUT2D eigenvalue weighted by atomic mass is 10.2. The van der Waals surface area contributed by atoms with Gasteiger partial charge in [0.25, 0.3) is 10.0 Å². The maximum atomic E-state index is 12.2. The fraction of sp³-hybridized carbons (Fsp3) is 0.133. The minimum absolute atomic E-state index is 0.0124. The van der Waals surface area contributed by atoms with Gasteiger partial charge in [0.15, 0.2) is 11.5 Å². The zero-order valence-corrected chi connectivity index (χ0v) is 14.1. The minimum Gasteiger partial charge on any atom is -0.493 e. The molecule has 2 aromatic rings. The Morgan fingerprint density at radius 1 is 1.09 bits per heavy atom. The Balaban J connectivity index is 2.19. The van der Waals surface area contributed by atoms with Crippen LogP contribution < -0.4 is 14.3 Å². The molecule has 2 aromatic carbocycles. The van der Waals surface area contributed by atoms with Crippen LogP contribution in [0, 0.1) is 0 Å². The first-order valence-electron chi connectivity index (χ1n) is 6.49. The molecule has 0 aliphatic rings. The quantitative estimate of drug-likeness (QED) is 0.639. The molecule has 6 nitrogen and oxygen atoms in total. The number of nitrogens with one attached hydrogen (secondary N) is 1. The van der Waals surface area contributed by atoms with E-state index in [1.165, 1.54) is 38.6 Å². The molecule has 0 saturated carbocycles. The summed E-state index contributed by atoms with van der Waals surface area (Å²) in [5.74, 6) is 0.753. The Hall–Kier alpha value is -2.25. The maximum absolute atomic E-state index is 12.2. The van der Waals surface area contributed by atoms with Gasteiger partial charge < -0.3 is 9.47 Å². The van der Waals surface area contributed by atoms with Crippen LogP contribution in [0.3, 0.4) is 0 Å². The van der Waals surface area contributed by atoms with Gasteiger partial charge in [0.05, 0.1) is 25.3 Å². The van der Waals surface area contributed by atoms with Crippen molar-refractivity contribution in [2.24, 2.45) is 5.10 Å². The number of sulfonamides is 1. The van der Waals surface area contributed by atoms with Crippen LogP contribution in [0.15, 0.2) is 52.5 Å². The number of benzene rings is 2. The summed E-state index contributed by atoms with van der Waals surface area (Å²) in [5.41, 5.74) is 0.674. The summed E-state index contributed by atoms with van der Waals surface area (Å²) in [5, 5.41) is 4.27. The van der Waals surface area contributed by atoms with Crippen LogP contribution in [0.25, 0.3) is 0 Å². The van der Waals surface area contributed by atoms with Crippen LogP contribution in [0.4, 0.5) is 0 Å². The first-order valence-corrected chi connectivity index (χ1v) is 8.35. The highest BCUT2D eigenvalue weighted by Crippen LogP contribution is 2.29. The SMILES string of the molecule is COc1ccc(S(=O)(=O)N/N=C/c2cccc(Cl)c2)cc1OC. The minimum atomic E-state index is -3.81. The number of halogens is 1.